The molecule has 0 aliphatic rings. The number of hydrogen-bond acceptors (Lipinski definition) is 5. The number of nitro benzene ring substituents is 1. The first-order valence-electron chi connectivity index (χ1n) is 7.01. The van der Waals surface area contributed by atoms with Crippen LogP contribution >= 0.6 is 0 Å². The maximum absolute atomic E-state index is 11.9. The Kier molecular flexibility index (Phi) is 5.10. The van der Waals surface area contributed by atoms with Crippen LogP contribution in [0.4, 0.5) is 22.7 Å². The molecule has 0 unspecified atom stereocenters. The van der Waals surface area contributed by atoms with Crippen LogP contribution in [0, 0.1) is 10.1 Å². The standard InChI is InChI=1S/C16H16N4O4/c1-19(2)12-9-7-11(8-10-12)17-15(21)16(22)18-13-5-3-4-6-14(13)20(23)24/h3-10H,1-2H3,(H,17,21)(H,18,22). The Morgan fingerprint density at radius 3 is 2.12 bits per heavy atom. The molecule has 0 atom stereocenters. The van der Waals surface area contributed by atoms with E-state index in [0.717, 1.165) is 5.69 Å². The molecule has 24 heavy (non-hydrogen) atoms. The van der Waals surface area contributed by atoms with Gasteiger partial charge in [-0.2, -0.15) is 0 Å². The molecule has 0 saturated heterocycles. The summed E-state index contributed by atoms with van der Waals surface area (Å²) < 4.78 is 0. The zero-order chi connectivity index (χ0) is 17.7. The largest absolute Gasteiger partial charge is 0.378 e. The molecule has 0 saturated carbocycles. The number of para-hydroxylation sites is 2. The van der Waals surface area contributed by atoms with Gasteiger partial charge >= 0.3 is 11.8 Å². The van der Waals surface area contributed by atoms with Gasteiger partial charge in [0.15, 0.2) is 0 Å². The quantitative estimate of drug-likeness (QED) is 0.509. The van der Waals surface area contributed by atoms with Crippen molar-refractivity contribution in [3.05, 3.63) is 58.6 Å². The molecular formula is C16H16N4O4. The molecule has 2 amide bonds. The Balaban J connectivity index is 2.05. The number of nitrogens with one attached hydrogen (secondary N) is 2. The van der Waals surface area contributed by atoms with Crippen LogP contribution in [0.2, 0.25) is 0 Å². The van der Waals surface area contributed by atoms with E-state index >= 15 is 0 Å². The van der Waals surface area contributed by atoms with Crippen molar-refractivity contribution in [1.82, 2.24) is 0 Å². The summed E-state index contributed by atoms with van der Waals surface area (Å²) in [5, 5.41) is 15.6. The van der Waals surface area contributed by atoms with E-state index in [1.54, 1.807) is 24.3 Å². The van der Waals surface area contributed by atoms with Gasteiger partial charge in [-0.25, -0.2) is 0 Å². The molecule has 2 rings (SSSR count). The monoisotopic (exact) mass is 328 g/mol. The normalized spacial score (nSPS) is 9.92. The number of amides is 2. The molecule has 0 aliphatic heterocycles. The third-order valence-corrected chi connectivity index (χ3v) is 3.20. The molecule has 0 radical (unpaired) electrons. The predicted molar refractivity (Wildman–Crippen MR) is 91.1 cm³/mol. The zero-order valence-electron chi connectivity index (χ0n) is 13.1. The fourth-order valence-electron chi connectivity index (χ4n) is 1.95. The van der Waals surface area contributed by atoms with Gasteiger partial charge in [0.25, 0.3) is 5.69 Å². The number of anilines is 3. The highest BCUT2D eigenvalue weighted by molar-refractivity contribution is 6.43. The topological polar surface area (TPSA) is 105 Å². The van der Waals surface area contributed by atoms with Gasteiger partial charge in [-0.15, -0.1) is 0 Å². The van der Waals surface area contributed by atoms with Gasteiger partial charge in [-0.05, 0) is 30.3 Å². The molecule has 124 valence electrons. The summed E-state index contributed by atoms with van der Waals surface area (Å²) in [5.41, 5.74) is 1.07. The molecule has 0 aliphatic carbocycles. The van der Waals surface area contributed by atoms with E-state index in [9.17, 15) is 19.7 Å². The third kappa shape index (κ3) is 4.07. The molecule has 0 spiro atoms. The van der Waals surface area contributed by atoms with E-state index in [-0.39, 0.29) is 11.4 Å². The Morgan fingerprint density at radius 2 is 1.54 bits per heavy atom. The van der Waals surface area contributed by atoms with E-state index in [2.05, 4.69) is 10.6 Å². The minimum atomic E-state index is -0.985. The molecule has 2 aromatic carbocycles. The number of carbonyl (C=O) groups is 2. The van der Waals surface area contributed by atoms with Gasteiger partial charge in [0.2, 0.25) is 0 Å². The van der Waals surface area contributed by atoms with Crippen molar-refractivity contribution in [2.75, 3.05) is 29.6 Å². The summed E-state index contributed by atoms with van der Waals surface area (Å²) >= 11 is 0. The Labute approximate surface area is 138 Å². The van der Waals surface area contributed by atoms with Crippen LogP contribution in [-0.4, -0.2) is 30.8 Å². The van der Waals surface area contributed by atoms with Gasteiger partial charge in [0, 0.05) is 31.5 Å². The Bertz CT molecular complexity index is 772. The van der Waals surface area contributed by atoms with Crippen LogP contribution in [0.1, 0.15) is 0 Å². The van der Waals surface area contributed by atoms with Crippen molar-refractivity contribution in [2.24, 2.45) is 0 Å². The second-order valence-electron chi connectivity index (χ2n) is 5.12. The third-order valence-electron chi connectivity index (χ3n) is 3.20. The lowest BCUT2D eigenvalue weighted by Crippen LogP contribution is -2.29. The first kappa shape index (κ1) is 16.9. The second kappa shape index (κ2) is 7.23. The minimum absolute atomic E-state index is 0.0365. The lowest BCUT2D eigenvalue weighted by molar-refractivity contribution is -0.383. The first-order valence-corrected chi connectivity index (χ1v) is 7.01. The zero-order valence-corrected chi connectivity index (χ0v) is 13.1. The number of hydrogen-bond donors (Lipinski definition) is 2. The summed E-state index contributed by atoms with van der Waals surface area (Å²) in [6.45, 7) is 0. The Morgan fingerprint density at radius 1 is 0.958 bits per heavy atom. The highest BCUT2D eigenvalue weighted by atomic mass is 16.6. The lowest BCUT2D eigenvalue weighted by Gasteiger charge is -2.13. The highest BCUT2D eigenvalue weighted by Crippen LogP contribution is 2.23. The number of carbonyl (C=O) groups excluding carboxylic acids is 2. The maximum atomic E-state index is 11.9. The second-order valence-corrected chi connectivity index (χ2v) is 5.12. The molecule has 0 heterocycles. The number of benzene rings is 2. The average molecular weight is 328 g/mol. The number of nitro groups is 1. The fourth-order valence-corrected chi connectivity index (χ4v) is 1.95. The van der Waals surface area contributed by atoms with Crippen molar-refractivity contribution in [2.45, 2.75) is 0 Å². The van der Waals surface area contributed by atoms with E-state index in [0.29, 0.717) is 5.69 Å². The first-order chi connectivity index (χ1) is 11.4. The molecule has 8 nitrogen and oxygen atoms in total. The van der Waals surface area contributed by atoms with Gasteiger partial charge in [-0.1, -0.05) is 12.1 Å². The molecule has 0 bridgehead atoms. The van der Waals surface area contributed by atoms with Crippen LogP contribution in [-0.2, 0) is 9.59 Å². The van der Waals surface area contributed by atoms with Crippen molar-refractivity contribution in [3.8, 4) is 0 Å². The highest BCUT2D eigenvalue weighted by Gasteiger charge is 2.19. The van der Waals surface area contributed by atoms with Crippen LogP contribution in [0.15, 0.2) is 48.5 Å². The summed E-state index contributed by atoms with van der Waals surface area (Å²) in [6, 6.07) is 12.5. The maximum Gasteiger partial charge on any atom is 0.314 e. The van der Waals surface area contributed by atoms with Crippen LogP contribution in [0.3, 0.4) is 0 Å². The number of rotatable bonds is 4. The van der Waals surface area contributed by atoms with Gasteiger partial charge < -0.3 is 15.5 Å². The molecule has 2 N–H and O–H groups in total. The molecule has 2 aromatic rings. The average Bonchev–Trinajstić information content (AvgIpc) is 2.55. The fraction of sp³-hybridized carbons (Fsp3) is 0.125. The Hall–Kier alpha value is -3.42. The minimum Gasteiger partial charge on any atom is -0.378 e. The van der Waals surface area contributed by atoms with Gasteiger partial charge in [0.05, 0.1) is 4.92 Å². The smallest absolute Gasteiger partial charge is 0.314 e. The molecule has 8 heteroatoms. The van der Waals surface area contributed by atoms with Crippen molar-refractivity contribution in [1.29, 1.82) is 0 Å². The van der Waals surface area contributed by atoms with E-state index in [4.69, 9.17) is 0 Å². The number of nitrogens with zero attached hydrogens (tertiary/aromatic N) is 2. The van der Waals surface area contributed by atoms with E-state index in [1.807, 2.05) is 19.0 Å². The van der Waals surface area contributed by atoms with E-state index < -0.39 is 16.7 Å². The summed E-state index contributed by atoms with van der Waals surface area (Å²) in [6.07, 6.45) is 0. The lowest BCUT2D eigenvalue weighted by atomic mass is 10.2. The van der Waals surface area contributed by atoms with Crippen LogP contribution < -0.4 is 15.5 Å². The van der Waals surface area contributed by atoms with Gasteiger partial charge in [-0.3, -0.25) is 19.7 Å². The molecule has 0 aromatic heterocycles. The van der Waals surface area contributed by atoms with Gasteiger partial charge in [0.1, 0.15) is 5.69 Å². The predicted octanol–water partition coefficient (Wildman–Crippen LogP) is 2.24. The van der Waals surface area contributed by atoms with Crippen molar-refractivity contribution in [3.63, 3.8) is 0 Å². The van der Waals surface area contributed by atoms with E-state index in [1.165, 1.54) is 24.3 Å². The summed E-state index contributed by atoms with van der Waals surface area (Å²) in [4.78, 5) is 36.0. The SMILES string of the molecule is CN(C)c1ccc(NC(=O)C(=O)Nc2ccccc2[N+](=O)[O-])cc1. The van der Waals surface area contributed by atoms with Crippen molar-refractivity contribution < 1.29 is 14.5 Å². The van der Waals surface area contributed by atoms with Crippen molar-refractivity contribution >= 4 is 34.6 Å². The molecule has 0 fully saturated rings. The van der Waals surface area contributed by atoms with Crippen LogP contribution in [0.25, 0.3) is 0 Å². The summed E-state index contributed by atoms with van der Waals surface area (Å²) in [7, 11) is 3.77. The van der Waals surface area contributed by atoms with Crippen LogP contribution in [0.5, 0.6) is 0 Å². The molecular weight excluding hydrogens is 312 g/mol. The summed E-state index contributed by atoms with van der Waals surface area (Å²) in [5.74, 6) is -1.90.